The molecule has 0 amide bonds. The van der Waals surface area contributed by atoms with Crippen molar-refractivity contribution < 1.29 is 4.74 Å². The fourth-order valence-electron chi connectivity index (χ4n) is 9.99. The molecule has 5 heteroatoms. The Balaban J connectivity index is 1.37. The molecule has 4 aliphatic rings. The van der Waals surface area contributed by atoms with Crippen LogP contribution >= 0.6 is 11.8 Å². The van der Waals surface area contributed by atoms with Gasteiger partial charge in [-0.05, 0) is 126 Å². The molecule has 60 heavy (non-hydrogen) atoms. The third-order valence-electron chi connectivity index (χ3n) is 13.7. The van der Waals surface area contributed by atoms with Crippen LogP contribution in [0.5, 0.6) is 11.5 Å². The molecule has 10 rings (SSSR count). The van der Waals surface area contributed by atoms with Gasteiger partial charge in [0.25, 0.3) is 0 Å². The highest BCUT2D eigenvalue weighted by Gasteiger charge is 2.51. The number of rotatable bonds is 1. The number of hydrogen-bond acceptors (Lipinski definition) is 4. The fourth-order valence-corrected chi connectivity index (χ4v) is 11.5. The van der Waals surface area contributed by atoms with Gasteiger partial charge in [-0.25, -0.2) is 0 Å². The summed E-state index contributed by atoms with van der Waals surface area (Å²) in [4.78, 5) is 7.96. The van der Waals surface area contributed by atoms with E-state index in [0.29, 0.717) is 0 Å². The van der Waals surface area contributed by atoms with E-state index in [0.717, 1.165) is 17.2 Å². The summed E-state index contributed by atoms with van der Waals surface area (Å²) in [6, 6.07) is 40.2. The molecule has 6 aromatic rings. The number of anilines is 5. The van der Waals surface area contributed by atoms with Gasteiger partial charge in [0.1, 0.15) is 5.75 Å². The van der Waals surface area contributed by atoms with E-state index in [-0.39, 0.29) is 33.9 Å². The summed E-state index contributed by atoms with van der Waals surface area (Å²) in [5.41, 5.74) is 18.9. The smallest absolute Gasteiger partial charge is 0.333 e. The molecule has 6 aromatic carbocycles. The number of nitrogens with zero attached hydrogens (tertiary/aromatic N) is 2. The Bertz CT molecular complexity index is 2790. The molecule has 0 saturated carbocycles. The summed E-state index contributed by atoms with van der Waals surface area (Å²) < 4.78 is 7.22. The molecular weight excluding hydrogens is 747 g/mol. The quantitative estimate of drug-likeness (QED) is 0.154. The molecule has 0 saturated heterocycles. The van der Waals surface area contributed by atoms with Crippen LogP contribution in [0.2, 0.25) is 0 Å². The first kappa shape index (κ1) is 39.3. The highest BCUT2D eigenvalue weighted by Crippen LogP contribution is 2.61. The summed E-state index contributed by atoms with van der Waals surface area (Å²) in [6.07, 6.45) is 0. The fraction of sp³-hybridized carbons (Fsp3) is 0.345. The maximum absolute atomic E-state index is 7.22. The predicted molar refractivity (Wildman–Crippen MR) is 258 cm³/mol. The van der Waals surface area contributed by atoms with Gasteiger partial charge in [-0.3, -0.25) is 0 Å². The molecule has 3 nitrogen and oxygen atoms in total. The summed E-state index contributed by atoms with van der Waals surface area (Å²) in [6.45, 7) is 32.5. The van der Waals surface area contributed by atoms with E-state index in [1.54, 1.807) is 0 Å². The van der Waals surface area contributed by atoms with Crippen LogP contribution in [0.4, 0.5) is 28.4 Å². The van der Waals surface area contributed by atoms with E-state index in [4.69, 9.17) is 4.74 Å². The SMILES string of the molecule is CC(C)(C)c1ccc(N2c3cc(C(C)(C)C)ccc3B3c4c2cc2c(c4-c4cc(C(C)(C)C)cc5c4N3c3ccc(C(C)(C)C)cc3O5)Sc3ccccc3C2(C)C)cc1. The van der Waals surface area contributed by atoms with Crippen molar-refractivity contribution in [1.82, 2.24) is 0 Å². The van der Waals surface area contributed by atoms with Crippen LogP contribution in [0.15, 0.2) is 113 Å². The lowest BCUT2D eigenvalue weighted by Crippen LogP contribution is -2.62. The van der Waals surface area contributed by atoms with Crippen molar-refractivity contribution in [1.29, 1.82) is 0 Å². The molecule has 0 aliphatic carbocycles. The zero-order chi connectivity index (χ0) is 42.6. The lowest BCUT2D eigenvalue weighted by atomic mass is 9.43. The Morgan fingerprint density at radius 1 is 0.550 bits per heavy atom. The highest BCUT2D eigenvalue weighted by molar-refractivity contribution is 7.99. The van der Waals surface area contributed by atoms with Crippen molar-refractivity contribution in [3.05, 3.63) is 137 Å². The van der Waals surface area contributed by atoms with Crippen molar-refractivity contribution in [2.45, 2.75) is 134 Å². The maximum atomic E-state index is 7.22. The molecule has 0 fully saturated rings. The van der Waals surface area contributed by atoms with Gasteiger partial charge in [-0.1, -0.05) is 157 Å². The average molecular weight is 807 g/mol. The second-order valence-electron chi connectivity index (χ2n) is 22.4. The summed E-state index contributed by atoms with van der Waals surface area (Å²) in [7, 11) is 0. The molecule has 0 aromatic heterocycles. The van der Waals surface area contributed by atoms with E-state index in [9.17, 15) is 0 Å². The predicted octanol–water partition coefficient (Wildman–Crippen LogP) is 14.5. The minimum absolute atomic E-state index is 0.0258. The van der Waals surface area contributed by atoms with Gasteiger partial charge < -0.3 is 14.4 Å². The van der Waals surface area contributed by atoms with E-state index in [2.05, 4.69) is 210 Å². The molecule has 4 aliphatic heterocycles. The van der Waals surface area contributed by atoms with Crippen molar-refractivity contribution in [3.63, 3.8) is 0 Å². The molecule has 0 spiro atoms. The third-order valence-corrected chi connectivity index (χ3v) is 14.9. The van der Waals surface area contributed by atoms with Gasteiger partial charge in [0.15, 0.2) is 5.75 Å². The molecule has 4 heterocycles. The Kier molecular flexibility index (Phi) is 8.25. The van der Waals surface area contributed by atoms with Crippen LogP contribution in [-0.4, -0.2) is 6.85 Å². The Hall–Kier alpha value is -4.87. The van der Waals surface area contributed by atoms with E-state index < -0.39 is 0 Å². The molecule has 0 radical (unpaired) electrons. The first-order chi connectivity index (χ1) is 28.0. The summed E-state index contributed by atoms with van der Waals surface area (Å²) >= 11 is 1.96. The van der Waals surface area contributed by atoms with Gasteiger partial charge >= 0.3 is 6.85 Å². The van der Waals surface area contributed by atoms with Gasteiger partial charge in [-0.2, -0.15) is 0 Å². The lowest BCUT2D eigenvalue weighted by molar-refractivity contribution is 0.470. The molecule has 0 N–H and O–H groups in total. The minimum atomic E-state index is -0.237. The van der Waals surface area contributed by atoms with E-state index in [1.165, 1.54) is 88.0 Å². The van der Waals surface area contributed by atoms with E-state index in [1.807, 2.05) is 11.8 Å². The van der Waals surface area contributed by atoms with Crippen LogP contribution in [-0.2, 0) is 27.1 Å². The van der Waals surface area contributed by atoms with Crippen molar-refractivity contribution >= 4 is 58.0 Å². The van der Waals surface area contributed by atoms with Crippen molar-refractivity contribution in [2.24, 2.45) is 0 Å². The normalized spacial score (nSPS) is 15.9. The van der Waals surface area contributed by atoms with Crippen LogP contribution in [0, 0.1) is 0 Å². The van der Waals surface area contributed by atoms with Crippen LogP contribution in [0.3, 0.4) is 0 Å². The summed E-state index contributed by atoms with van der Waals surface area (Å²) in [5.74, 6) is 1.86. The second kappa shape index (κ2) is 12.6. The van der Waals surface area contributed by atoms with Crippen molar-refractivity contribution in [2.75, 3.05) is 9.71 Å². The molecule has 0 unspecified atom stereocenters. The standard InChI is InChI=1S/C55H59BN2OS/c1-51(2,3)32-19-23-36(24-20-32)57-42-28-33(52(4,5)6)21-25-40(42)56-48-43(57)31-39-50(60-46-18-16-15-17-38(46)55(39,13)14)47(48)37-27-35(54(10,11)12)30-45-49(37)58(56)41-26-22-34(53(7,8)9)29-44(41)59-45/h15-31H,1-14H3. The maximum Gasteiger partial charge on any atom is 0.333 e. The Labute approximate surface area is 363 Å². The average Bonchev–Trinajstić information content (AvgIpc) is 3.17. The van der Waals surface area contributed by atoms with E-state index >= 15 is 0 Å². The molecular formula is C55H59BN2OS. The summed E-state index contributed by atoms with van der Waals surface area (Å²) in [5, 5.41) is 0. The van der Waals surface area contributed by atoms with Gasteiger partial charge in [-0.15, -0.1) is 0 Å². The van der Waals surface area contributed by atoms with Crippen LogP contribution in [0.1, 0.15) is 130 Å². The number of benzene rings is 6. The van der Waals surface area contributed by atoms with Crippen LogP contribution < -0.4 is 25.4 Å². The Morgan fingerprint density at radius 2 is 1.15 bits per heavy atom. The van der Waals surface area contributed by atoms with Gasteiger partial charge in [0.05, 0.1) is 11.4 Å². The largest absolute Gasteiger partial charge is 0.453 e. The minimum Gasteiger partial charge on any atom is -0.453 e. The molecule has 0 bridgehead atoms. The first-order valence-corrected chi connectivity index (χ1v) is 22.7. The van der Waals surface area contributed by atoms with Gasteiger partial charge in [0.2, 0.25) is 0 Å². The number of ether oxygens (including phenoxy) is 1. The zero-order valence-electron chi connectivity index (χ0n) is 38.1. The molecule has 0 atom stereocenters. The third kappa shape index (κ3) is 5.78. The monoisotopic (exact) mass is 806 g/mol. The number of hydrogen-bond donors (Lipinski definition) is 0. The lowest BCUT2D eigenvalue weighted by Gasteiger charge is -2.50. The van der Waals surface area contributed by atoms with Crippen molar-refractivity contribution in [3.8, 4) is 22.6 Å². The van der Waals surface area contributed by atoms with Crippen LogP contribution in [0.25, 0.3) is 11.1 Å². The topological polar surface area (TPSA) is 15.7 Å². The second-order valence-corrected chi connectivity index (χ2v) is 23.4. The number of fused-ring (bicyclic) bond motifs is 9. The van der Waals surface area contributed by atoms with Gasteiger partial charge in [0, 0.05) is 37.8 Å². The highest BCUT2D eigenvalue weighted by atomic mass is 32.2. The Morgan fingerprint density at radius 3 is 1.82 bits per heavy atom. The zero-order valence-corrected chi connectivity index (χ0v) is 38.9. The molecule has 304 valence electrons. The first-order valence-electron chi connectivity index (χ1n) is 21.9.